The number of nitrogens with one attached hydrogen (secondary N) is 1. The highest BCUT2D eigenvalue weighted by Gasteiger charge is 2.30. The zero-order chi connectivity index (χ0) is 20.6. The number of fused-ring (bicyclic) bond motifs is 3. The first-order valence-corrected chi connectivity index (χ1v) is 8.87. The summed E-state index contributed by atoms with van der Waals surface area (Å²) in [5.41, 5.74) is 1.92. The zero-order valence-corrected chi connectivity index (χ0v) is 15.5. The van der Waals surface area contributed by atoms with Gasteiger partial charge in [0.1, 0.15) is 23.9 Å². The van der Waals surface area contributed by atoms with Gasteiger partial charge >= 0.3 is 6.18 Å². The molecule has 3 heterocycles. The van der Waals surface area contributed by atoms with Crippen LogP contribution in [0.1, 0.15) is 5.56 Å². The Morgan fingerprint density at radius 3 is 2.62 bits per heavy atom. The second-order valence-electron chi connectivity index (χ2n) is 6.38. The van der Waals surface area contributed by atoms with Crippen LogP contribution in [0.5, 0.6) is 0 Å². The van der Waals surface area contributed by atoms with Gasteiger partial charge in [0, 0.05) is 23.5 Å². The SMILES string of the molecule is O=C(Cc1ccncc1)Nc1ccc2c(c1)c1ncnc(Cl)c1n2CC(F)(F)F. The number of alkyl halides is 3. The van der Waals surface area contributed by atoms with E-state index in [-0.39, 0.29) is 28.5 Å². The van der Waals surface area contributed by atoms with E-state index in [2.05, 4.69) is 20.3 Å². The molecule has 0 fully saturated rings. The van der Waals surface area contributed by atoms with E-state index in [1.807, 2.05) is 0 Å². The lowest BCUT2D eigenvalue weighted by Gasteiger charge is -2.11. The topological polar surface area (TPSA) is 72.7 Å². The molecule has 148 valence electrons. The molecule has 0 atom stereocenters. The Balaban J connectivity index is 1.73. The van der Waals surface area contributed by atoms with E-state index in [0.29, 0.717) is 16.6 Å². The standard InChI is InChI=1S/C19H13ClF3N5O/c20-18-17-16(25-10-26-18)13-8-12(1-2-14(13)28(17)9-19(21,22)23)27-15(29)7-11-3-5-24-6-4-11/h1-6,8,10H,7,9H2,(H,27,29). The maximum absolute atomic E-state index is 13.1. The van der Waals surface area contributed by atoms with E-state index in [0.717, 1.165) is 10.1 Å². The van der Waals surface area contributed by atoms with Gasteiger partial charge in [-0.25, -0.2) is 9.97 Å². The molecule has 1 aromatic carbocycles. The number of nitrogens with zero attached hydrogens (tertiary/aromatic N) is 4. The molecule has 1 amide bonds. The van der Waals surface area contributed by atoms with Crippen LogP contribution in [0, 0.1) is 0 Å². The highest BCUT2D eigenvalue weighted by molar-refractivity contribution is 6.34. The van der Waals surface area contributed by atoms with Crippen LogP contribution in [-0.2, 0) is 17.8 Å². The summed E-state index contributed by atoms with van der Waals surface area (Å²) >= 11 is 6.06. The first kappa shape index (κ1) is 19.1. The van der Waals surface area contributed by atoms with Crippen LogP contribution >= 0.6 is 11.6 Å². The number of carbonyl (C=O) groups is 1. The predicted octanol–water partition coefficient (Wildman–Crippen LogP) is 4.38. The normalized spacial score (nSPS) is 11.9. The molecular weight excluding hydrogens is 407 g/mol. The average molecular weight is 420 g/mol. The van der Waals surface area contributed by atoms with E-state index in [1.54, 1.807) is 36.7 Å². The van der Waals surface area contributed by atoms with Crippen LogP contribution in [0.4, 0.5) is 18.9 Å². The van der Waals surface area contributed by atoms with Gasteiger partial charge in [-0.05, 0) is 35.9 Å². The summed E-state index contributed by atoms with van der Waals surface area (Å²) in [6, 6.07) is 8.08. The Morgan fingerprint density at radius 2 is 1.90 bits per heavy atom. The number of carbonyl (C=O) groups excluding carboxylic acids is 1. The average Bonchev–Trinajstić information content (AvgIpc) is 2.95. The van der Waals surface area contributed by atoms with Crippen LogP contribution < -0.4 is 5.32 Å². The van der Waals surface area contributed by atoms with Crippen molar-refractivity contribution in [2.75, 3.05) is 5.32 Å². The fraction of sp³-hybridized carbons (Fsp3) is 0.158. The molecular formula is C19H13ClF3N5O. The minimum absolute atomic E-state index is 0.0706. The minimum atomic E-state index is -4.45. The molecule has 0 aliphatic carbocycles. The molecule has 6 nitrogen and oxygen atoms in total. The van der Waals surface area contributed by atoms with Crippen LogP contribution in [-0.4, -0.2) is 31.6 Å². The van der Waals surface area contributed by atoms with Gasteiger partial charge in [-0.3, -0.25) is 9.78 Å². The smallest absolute Gasteiger partial charge is 0.327 e. The van der Waals surface area contributed by atoms with Crippen LogP contribution in [0.2, 0.25) is 5.15 Å². The summed E-state index contributed by atoms with van der Waals surface area (Å²) in [6.07, 6.45) is 0.0673. The Hall–Kier alpha value is -3.20. The van der Waals surface area contributed by atoms with Crippen molar-refractivity contribution in [2.24, 2.45) is 0 Å². The molecule has 4 rings (SSSR count). The summed E-state index contributed by atoms with van der Waals surface area (Å²) < 4.78 is 40.3. The lowest BCUT2D eigenvalue weighted by molar-refractivity contribution is -0.139. The number of anilines is 1. The van der Waals surface area contributed by atoms with Gasteiger partial charge in [0.2, 0.25) is 5.91 Å². The molecule has 0 aliphatic rings. The van der Waals surface area contributed by atoms with E-state index in [4.69, 9.17) is 11.6 Å². The Kier molecular flexibility index (Phi) is 4.83. The Bertz CT molecular complexity index is 1210. The summed E-state index contributed by atoms with van der Waals surface area (Å²) in [5, 5.41) is 3.12. The quantitative estimate of drug-likeness (QED) is 0.498. The predicted molar refractivity (Wildman–Crippen MR) is 103 cm³/mol. The second-order valence-corrected chi connectivity index (χ2v) is 6.73. The van der Waals surface area contributed by atoms with Gasteiger partial charge < -0.3 is 9.88 Å². The lowest BCUT2D eigenvalue weighted by Crippen LogP contribution is -2.17. The number of rotatable bonds is 4. The van der Waals surface area contributed by atoms with E-state index < -0.39 is 12.7 Å². The van der Waals surface area contributed by atoms with Crippen molar-refractivity contribution in [3.8, 4) is 0 Å². The van der Waals surface area contributed by atoms with Crippen LogP contribution in [0.15, 0.2) is 49.1 Å². The maximum atomic E-state index is 13.1. The molecule has 3 aromatic heterocycles. The first-order chi connectivity index (χ1) is 13.8. The molecule has 10 heteroatoms. The number of hydrogen-bond donors (Lipinski definition) is 1. The Morgan fingerprint density at radius 1 is 1.14 bits per heavy atom. The molecule has 0 spiro atoms. The van der Waals surface area contributed by atoms with Crippen molar-refractivity contribution in [1.29, 1.82) is 0 Å². The summed E-state index contributed by atoms with van der Waals surface area (Å²) in [7, 11) is 0. The van der Waals surface area contributed by atoms with E-state index >= 15 is 0 Å². The van der Waals surface area contributed by atoms with Crippen LogP contribution in [0.3, 0.4) is 0 Å². The van der Waals surface area contributed by atoms with E-state index in [9.17, 15) is 18.0 Å². The minimum Gasteiger partial charge on any atom is -0.327 e. The summed E-state index contributed by atoms with van der Waals surface area (Å²) in [4.78, 5) is 24.1. The molecule has 0 saturated heterocycles. The lowest BCUT2D eigenvalue weighted by atomic mass is 10.1. The molecule has 0 saturated carbocycles. The van der Waals surface area contributed by atoms with Gasteiger partial charge in [0.05, 0.1) is 11.9 Å². The molecule has 0 radical (unpaired) electrons. The maximum Gasteiger partial charge on any atom is 0.406 e. The van der Waals surface area contributed by atoms with E-state index in [1.165, 1.54) is 12.4 Å². The van der Waals surface area contributed by atoms with Gasteiger partial charge in [-0.15, -0.1) is 0 Å². The van der Waals surface area contributed by atoms with Crippen molar-refractivity contribution < 1.29 is 18.0 Å². The number of hydrogen-bond acceptors (Lipinski definition) is 4. The van der Waals surface area contributed by atoms with Gasteiger partial charge in [0.25, 0.3) is 0 Å². The highest BCUT2D eigenvalue weighted by Crippen LogP contribution is 2.34. The fourth-order valence-corrected chi connectivity index (χ4v) is 3.42. The Labute approximate surface area is 167 Å². The number of benzene rings is 1. The zero-order valence-electron chi connectivity index (χ0n) is 14.7. The van der Waals surface area contributed by atoms with Crippen molar-refractivity contribution in [1.82, 2.24) is 19.5 Å². The fourth-order valence-electron chi connectivity index (χ4n) is 3.19. The third kappa shape index (κ3) is 4.00. The molecule has 0 unspecified atom stereocenters. The van der Waals surface area contributed by atoms with Crippen molar-refractivity contribution in [3.05, 3.63) is 59.8 Å². The van der Waals surface area contributed by atoms with Gasteiger partial charge in [0.15, 0.2) is 5.15 Å². The van der Waals surface area contributed by atoms with Crippen LogP contribution in [0.25, 0.3) is 21.9 Å². The summed E-state index contributed by atoms with van der Waals surface area (Å²) in [6.45, 7) is -1.23. The third-order valence-electron chi connectivity index (χ3n) is 4.33. The molecule has 29 heavy (non-hydrogen) atoms. The van der Waals surface area contributed by atoms with Crippen molar-refractivity contribution in [2.45, 2.75) is 19.1 Å². The first-order valence-electron chi connectivity index (χ1n) is 8.50. The molecule has 0 aliphatic heterocycles. The number of amides is 1. The van der Waals surface area contributed by atoms with Gasteiger partial charge in [-0.1, -0.05) is 11.6 Å². The monoisotopic (exact) mass is 419 g/mol. The number of pyridine rings is 1. The number of halogens is 4. The third-order valence-corrected chi connectivity index (χ3v) is 4.60. The van der Waals surface area contributed by atoms with Crippen molar-refractivity contribution in [3.63, 3.8) is 0 Å². The second kappa shape index (κ2) is 7.32. The largest absolute Gasteiger partial charge is 0.406 e. The van der Waals surface area contributed by atoms with Crippen molar-refractivity contribution >= 4 is 45.1 Å². The molecule has 4 aromatic rings. The highest BCUT2D eigenvalue weighted by atomic mass is 35.5. The van der Waals surface area contributed by atoms with Gasteiger partial charge in [-0.2, -0.15) is 13.2 Å². The molecule has 1 N–H and O–H groups in total. The molecule has 0 bridgehead atoms. The summed E-state index contributed by atoms with van der Waals surface area (Å²) in [5.74, 6) is -0.262. The number of aromatic nitrogens is 4.